The molecule has 0 saturated carbocycles. The zero-order valence-electron chi connectivity index (χ0n) is 10.9. The Morgan fingerprint density at radius 2 is 2.00 bits per heavy atom. The number of esters is 1. The lowest BCUT2D eigenvalue weighted by Crippen LogP contribution is -2.11. The minimum absolute atomic E-state index is 0.0273. The minimum atomic E-state index is -0.563. The first kappa shape index (κ1) is 14.0. The molecule has 0 aromatic heterocycles. The summed E-state index contributed by atoms with van der Waals surface area (Å²) in [6.07, 6.45) is 1.54. The highest BCUT2D eigenvalue weighted by Gasteiger charge is 2.11. The molecule has 1 aromatic rings. The summed E-state index contributed by atoms with van der Waals surface area (Å²) in [4.78, 5) is 11.6. The summed E-state index contributed by atoms with van der Waals surface area (Å²) in [6, 6.07) is 9.46. The van der Waals surface area contributed by atoms with Gasteiger partial charge in [-0.2, -0.15) is 5.26 Å². The van der Waals surface area contributed by atoms with Gasteiger partial charge in [-0.1, -0.05) is 43.7 Å². The Hall–Kier alpha value is -2.08. The van der Waals surface area contributed by atoms with E-state index in [1.807, 2.05) is 51.1 Å². The van der Waals surface area contributed by atoms with Crippen molar-refractivity contribution in [1.29, 1.82) is 5.26 Å². The summed E-state index contributed by atoms with van der Waals surface area (Å²) < 4.78 is 5.02. The standard InChI is InChI=1S/C15H17NO2/c1-11(2)10-18-15(17)14(9-16)8-13-6-4-12(3)5-7-13/h4-8,11H,10H2,1-3H3. The molecule has 3 heteroatoms. The number of hydrogen-bond acceptors (Lipinski definition) is 3. The summed E-state index contributed by atoms with van der Waals surface area (Å²) >= 11 is 0. The fourth-order valence-electron chi connectivity index (χ4n) is 1.29. The van der Waals surface area contributed by atoms with E-state index >= 15 is 0 Å². The first-order valence-electron chi connectivity index (χ1n) is 5.88. The summed E-state index contributed by atoms with van der Waals surface area (Å²) in [5.41, 5.74) is 1.98. The Morgan fingerprint density at radius 3 is 2.50 bits per heavy atom. The molecule has 0 N–H and O–H groups in total. The molecule has 0 aliphatic heterocycles. The van der Waals surface area contributed by atoms with Crippen molar-refractivity contribution in [3.05, 3.63) is 41.0 Å². The van der Waals surface area contributed by atoms with Crippen molar-refractivity contribution in [3.63, 3.8) is 0 Å². The van der Waals surface area contributed by atoms with E-state index in [0.29, 0.717) is 6.61 Å². The fraction of sp³-hybridized carbons (Fsp3) is 0.333. The molecule has 0 bridgehead atoms. The van der Waals surface area contributed by atoms with E-state index < -0.39 is 5.97 Å². The SMILES string of the molecule is Cc1ccc(C=C(C#N)C(=O)OCC(C)C)cc1. The Kier molecular flexibility index (Phi) is 5.13. The second-order valence-electron chi connectivity index (χ2n) is 4.57. The number of aryl methyl sites for hydroxylation is 1. The quantitative estimate of drug-likeness (QED) is 0.464. The molecule has 0 amide bonds. The Morgan fingerprint density at radius 1 is 1.39 bits per heavy atom. The first-order chi connectivity index (χ1) is 8.52. The number of nitriles is 1. The third-order valence-electron chi connectivity index (χ3n) is 2.28. The molecule has 3 nitrogen and oxygen atoms in total. The predicted molar refractivity (Wildman–Crippen MR) is 70.6 cm³/mol. The predicted octanol–water partition coefficient (Wildman–Crippen LogP) is 3.10. The van der Waals surface area contributed by atoms with Crippen LogP contribution in [0.4, 0.5) is 0 Å². The summed E-state index contributed by atoms with van der Waals surface area (Å²) in [7, 11) is 0. The molecule has 18 heavy (non-hydrogen) atoms. The molecular formula is C15H17NO2. The van der Waals surface area contributed by atoms with Crippen LogP contribution in [0.1, 0.15) is 25.0 Å². The molecule has 1 rings (SSSR count). The largest absolute Gasteiger partial charge is 0.461 e. The van der Waals surface area contributed by atoms with E-state index in [2.05, 4.69) is 0 Å². The number of benzene rings is 1. The van der Waals surface area contributed by atoms with Crippen LogP contribution in [0.3, 0.4) is 0 Å². The molecule has 94 valence electrons. The number of hydrogen-bond donors (Lipinski definition) is 0. The average molecular weight is 243 g/mol. The van der Waals surface area contributed by atoms with Gasteiger partial charge >= 0.3 is 5.97 Å². The zero-order valence-corrected chi connectivity index (χ0v) is 10.9. The molecule has 0 spiro atoms. The molecule has 0 radical (unpaired) electrons. The smallest absolute Gasteiger partial charge is 0.348 e. The average Bonchev–Trinajstić information content (AvgIpc) is 2.35. The van der Waals surface area contributed by atoms with Crippen molar-refractivity contribution >= 4 is 12.0 Å². The van der Waals surface area contributed by atoms with Gasteiger partial charge in [0.15, 0.2) is 0 Å². The molecule has 0 atom stereocenters. The van der Waals surface area contributed by atoms with Gasteiger partial charge in [-0.15, -0.1) is 0 Å². The van der Waals surface area contributed by atoms with Crippen molar-refractivity contribution in [2.75, 3.05) is 6.61 Å². The first-order valence-corrected chi connectivity index (χ1v) is 5.88. The molecule has 0 aliphatic rings. The number of carbonyl (C=O) groups excluding carboxylic acids is 1. The second kappa shape index (κ2) is 6.61. The van der Waals surface area contributed by atoms with Gasteiger partial charge in [-0.25, -0.2) is 4.79 Å². The van der Waals surface area contributed by atoms with Gasteiger partial charge < -0.3 is 4.74 Å². The lowest BCUT2D eigenvalue weighted by molar-refractivity contribution is -0.139. The fourth-order valence-corrected chi connectivity index (χ4v) is 1.29. The van der Waals surface area contributed by atoms with E-state index in [1.54, 1.807) is 6.08 Å². The van der Waals surface area contributed by atoms with Gasteiger partial charge in [0.1, 0.15) is 11.6 Å². The normalized spacial score (nSPS) is 11.2. The third kappa shape index (κ3) is 4.42. The maximum atomic E-state index is 11.6. The van der Waals surface area contributed by atoms with E-state index in [-0.39, 0.29) is 11.5 Å². The molecule has 1 aromatic carbocycles. The van der Waals surface area contributed by atoms with Crippen LogP contribution in [0.15, 0.2) is 29.8 Å². The number of ether oxygens (including phenoxy) is 1. The molecule has 0 saturated heterocycles. The minimum Gasteiger partial charge on any atom is -0.461 e. The highest BCUT2D eigenvalue weighted by molar-refractivity contribution is 5.97. The van der Waals surface area contributed by atoms with Crippen molar-refractivity contribution in [2.24, 2.45) is 5.92 Å². The molecule has 0 fully saturated rings. The Balaban J connectivity index is 2.80. The lowest BCUT2D eigenvalue weighted by atomic mass is 10.1. The highest BCUT2D eigenvalue weighted by Crippen LogP contribution is 2.10. The van der Waals surface area contributed by atoms with Gasteiger partial charge in [0.2, 0.25) is 0 Å². The number of carbonyl (C=O) groups is 1. The summed E-state index contributed by atoms with van der Waals surface area (Å²) in [6.45, 7) is 6.20. The van der Waals surface area contributed by atoms with Crippen molar-refractivity contribution in [3.8, 4) is 6.07 Å². The molecule has 0 unspecified atom stereocenters. The Labute approximate surface area is 108 Å². The molecule has 0 heterocycles. The van der Waals surface area contributed by atoms with Crippen molar-refractivity contribution in [1.82, 2.24) is 0 Å². The van der Waals surface area contributed by atoms with Crippen LogP contribution in [0.25, 0.3) is 6.08 Å². The summed E-state index contributed by atoms with van der Waals surface area (Å²) in [5, 5.41) is 8.96. The van der Waals surface area contributed by atoms with Gasteiger partial charge in [-0.05, 0) is 24.5 Å². The second-order valence-corrected chi connectivity index (χ2v) is 4.57. The highest BCUT2D eigenvalue weighted by atomic mass is 16.5. The topological polar surface area (TPSA) is 50.1 Å². The van der Waals surface area contributed by atoms with Gasteiger partial charge in [0, 0.05) is 0 Å². The number of nitrogens with zero attached hydrogens (tertiary/aromatic N) is 1. The summed E-state index contributed by atoms with van der Waals surface area (Å²) in [5.74, 6) is -0.306. The van der Waals surface area contributed by atoms with Gasteiger partial charge in [0.25, 0.3) is 0 Å². The molecular weight excluding hydrogens is 226 g/mol. The van der Waals surface area contributed by atoms with E-state index in [9.17, 15) is 4.79 Å². The van der Waals surface area contributed by atoms with Gasteiger partial charge in [-0.3, -0.25) is 0 Å². The zero-order chi connectivity index (χ0) is 13.5. The van der Waals surface area contributed by atoms with Crippen LogP contribution in [-0.2, 0) is 9.53 Å². The lowest BCUT2D eigenvalue weighted by Gasteiger charge is -2.06. The van der Waals surface area contributed by atoms with Crippen LogP contribution in [0.5, 0.6) is 0 Å². The number of rotatable bonds is 4. The van der Waals surface area contributed by atoms with E-state index in [0.717, 1.165) is 11.1 Å². The van der Waals surface area contributed by atoms with Crippen molar-refractivity contribution < 1.29 is 9.53 Å². The van der Waals surface area contributed by atoms with Crippen LogP contribution in [-0.4, -0.2) is 12.6 Å². The van der Waals surface area contributed by atoms with Crippen LogP contribution in [0.2, 0.25) is 0 Å². The Bertz CT molecular complexity index is 478. The van der Waals surface area contributed by atoms with E-state index in [4.69, 9.17) is 10.00 Å². The third-order valence-corrected chi connectivity index (χ3v) is 2.28. The van der Waals surface area contributed by atoms with Crippen LogP contribution >= 0.6 is 0 Å². The van der Waals surface area contributed by atoms with Gasteiger partial charge in [0.05, 0.1) is 6.61 Å². The monoisotopic (exact) mass is 243 g/mol. The maximum absolute atomic E-state index is 11.6. The van der Waals surface area contributed by atoms with Crippen molar-refractivity contribution in [2.45, 2.75) is 20.8 Å². The molecule has 0 aliphatic carbocycles. The van der Waals surface area contributed by atoms with E-state index in [1.165, 1.54) is 0 Å². The maximum Gasteiger partial charge on any atom is 0.348 e. The van der Waals surface area contributed by atoms with Crippen LogP contribution < -0.4 is 0 Å². The van der Waals surface area contributed by atoms with Crippen LogP contribution in [0, 0.1) is 24.2 Å².